The van der Waals surface area contributed by atoms with E-state index in [0.29, 0.717) is 42.9 Å². The fraction of sp³-hybridized carbons (Fsp3) is 0.190. The molecule has 6 nitrogen and oxygen atoms in total. The Kier molecular flexibility index (Phi) is 8.30. The standard InChI is InChI=1S/C21H16Cl3NO5S2/c1-3-29-16-7-11(6-14(24)19(16)30-10-18(26)28-2)8-17-20(27)25(21(31)32-17)15-5-4-12(22)9-13(15)23/h4-9H,3,10H2,1-2H3/b17-8+. The lowest BCUT2D eigenvalue weighted by Crippen LogP contribution is -2.27. The molecule has 32 heavy (non-hydrogen) atoms. The van der Waals surface area contributed by atoms with Gasteiger partial charge in [0.25, 0.3) is 5.91 Å². The van der Waals surface area contributed by atoms with Crippen molar-refractivity contribution in [2.45, 2.75) is 6.92 Å². The van der Waals surface area contributed by atoms with Gasteiger partial charge in [-0.05, 0) is 48.9 Å². The van der Waals surface area contributed by atoms with Crippen LogP contribution in [0, 0.1) is 0 Å². The van der Waals surface area contributed by atoms with Crippen LogP contribution in [0.1, 0.15) is 12.5 Å². The smallest absolute Gasteiger partial charge is 0.343 e. The van der Waals surface area contributed by atoms with Crippen LogP contribution >= 0.6 is 58.8 Å². The maximum Gasteiger partial charge on any atom is 0.343 e. The lowest BCUT2D eigenvalue weighted by atomic mass is 10.1. The predicted molar refractivity (Wildman–Crippen MR) is 132 cm³/mol. The highest BCUT2D eigenvalue weighted by molar-refractivity contribution is 8.27. The first kappa shape index (κ1) is 24.7. The van der Waals surface area contributed by atoms with Crippen molar-refractivity contribution < 1.29 is 23.8 Å². The number of thiocarbonyl (C=S) groups is 1. The zero-order valence-electron chi connectivity index (χ0n) is 16.8. The number of halogens is 3. The van der Waals surface area contributed by atoms with Gasteiger partial charge >= 0.3 is 5.97 Å². The predicted octanol–water partition coefficient (Wildman–Crippen LogP) is 6.00. The molecule has 2 aromatic carbocycles. The summed E-state index contributed by atoms with van der Waals surface area (Å²) in [6, 6.07) is 8.06. The molecule has 1 saturated heterocycles. The largest absolute Gasteiger partial charge is 0.490 e. The summed E-state index contributed by atoms with van der Waals surface area (Å²) < 4.78 is 16.0. The molecule has 0 N–H and O–H groups in total. The van der Waals surface area contributed by atoms with E-state index in [2.05, 4.69) is 4.74 Å². The monoisotopic (exact) mass is 531 g/mol. The number of anilines is 1. The van der Waals surface area contributed by atoms with Crippen molar-refractivity contribution in [3.63, 3.8) is 0 Å². The number of nitrogens with zero attached hydrogens (tertiary/aromatic N) is 1. The summed E-state index contributed by atoms with van der Waals surface area (Å²) in [4.78, 5) is 26.2. The van der Waals surface area contributed by atoms with Gasteiger partial charge < -0.3 is 14.2 Å². The maximum atomic E-state index is 13.0. The number of ether oxygens (including phenoxy) is 3. The van der Waals surface area contributed by atoms with Crippen LogP contribution in [0.2, 0.25) is 15.1 Å². The number of hydrogen-bond donors (Lipinski definition) is 0. The normalized spacial score (nSPS) is 14.8. The van der Waals surface area contributed by atoms with Crippen LogP contribution in [-0.2, 0) is 14.3 Å². The molecular weight excluding hydrogens is 517 g/mol. The van der Waals surface area contributed by atoms with Crippen molar-refractivity contribution in [3.8, 4) is 11.5 Å². The second-order valence-electron chi connectivity index (χ2n) is 6.24. The quantitative estimate of drug-likeness (QED) is 0.246. The molecule has 1 amide bonds. The second kappa shape index (κ2) is 10.8. The van der Waals surface area contributed by atoms with Crippen LogP contribution in [0.3, 0.4) is 0 Å². The molecule has 0 atom stereocenters. The minimum atomic E-state index is -0.558. The topological polar surface area (TPSA) is 65.1 Å². The van der Waals surface area contributed by atoms with Crippen molar-refractivity contribution in [3.05, 3.63) is 55.9 Å². The Balaban J connectivity index is 1.92. The molecule has 0 spiro atoms. The van der Waals surface area contributed by atoms with Crippen LogP contribution in [0.4, 0.5) is 5.69 Å². The third-order valence-electron chi connectivity index (χ3n) is 4.14. The first-order chi connectivity index (χ1) is 15.2. The summed E-state index contributed by atoms with van der Waals surface area (Å²) in [5, 5.41) is 0.971. The first-order valence-corrected chi connectivity index (χ1v) is 11.5. The van der Waals surface area contributed by atoms with E-state index in [9.17, 15) is 9.59 Å². The fourth-order valence-corrected chi connectivity index (χ4v) is 4.81. The SMILES string of the molecule is CCOc1cc(/C=C2/SC(=S)N(c3ccc(Cl)cc3Cl)C2=O)cc(Cl)c1OCC(=O)OC. The molecule has 0 saturated carbocycles. The van der Waals surface area contributed by atoms with Gasteiger partial charge in [0.1, 0.15) is 0 Å². The number of benzene rings is 2. The number of methoxy groups -OCH3 is 1. The van der Waals surface area contributed by atoms with Gasteiger partial charge in [-0.3, -0.25) is 9.69 Å². The molecule has 1 heterocycles. The zero-order chi connectivity index (χ0) is 23.4. The number of rotatable bonds is 7. The Labute approximate surface area is 209 Å². The van der Waals surface area contributed by atoms with Crippen LogP contribution in [0.25, 0.3) is 6.08 Å². The summed E-state index contributed by atoms with van der Waals surface area (Å²) in [5.41, 5.74) is 1.04. The van der Waals surface area contributed by atoms with Crippen molar-refractivity contribution >= 4 is 86.7 Å². The summed E-state index contributed by atoms with van der Waals surface area (Å²) in [5.74, 6) is -0.357. The number of carbonyl (C=O) groups excluding carboxylic acids is 2. The van der Waals surface area contributed by atoms with Crippen LogP contribution in [-0.4, -0.2) is 36.5 Å². The van der Waals surface area contributed by atoms with Crippen molar-refractivity contribution in [1.82, 2.24) is 0 Å². The van der Waals surface area contributed by atoms with E-state index < -0.39 is 5.97 Å². The average molecular weight is 533 g/mol. The fourth-order valence-electron chi connectivity index (χ4n) is 2.75. The number of carbonyl (C=O) groups is 2. The van der Waals surface area contributed by atoms with E-state index >= 15 is 0 Å². The molecular formula is C21H16Cl3NO5S2. The highest BCUT2D eigenvalue weighted by Gasteiger charge is 2.34. The summed E-state index contributed by atoms with van der Waals surface area (Å²) in [7, 11) is 1.26. The number of amides is 1. The van der Waals surface area contributed by atoms with Crippen molar-refractivity contribution in [1.29, 1.82) is 0 Å². The Hall–Kier alpha value is -1.97. The summed E-state index contributed by atoms with van der Waals surface area (Å²) in [6.07, 6.45) is 1.64. The lowest BCUT2D eigenvalue weighted by molar-refractivity contribution is -0.142. The average Bonchev–Trinajstić information content (AvgIpc) is 3.00. The Bertz CT molecular complexity index is 1120. The third-order valence-corrected chi connectivity index (χ3v) is 6.26. The van der Waals surface area contributed by atoms with Gasteiger partial charge in [-0.25, -0.2) is 4.79 Å². The molecule has 2 aromatic rings. The zero-order valence-corrected chi connectivity index (χ0v) is 20.7. The molecule has 3 rings (SSSR count). The maximum absolute atomic E-state index is 13.0. The molecule has 11 heteroatoms. The van der Waals surface area contributed by atoms with Gasteiger partial charge in [-0.2, -0.15) is 0 Å². The van der Waals surface area contributed by atoms with Gasteiger partial charge in [0.2, 0.25) is 0 Å². The van der Waals surface area contributed by atoms with Crippen molar-refractivity contribution in [2.75, 3.05) is 25.2 Å². The molecule has 1 aliphatic rings. The van der Waals surface area contributed by atoms with Crippen LogP contribution in [0.15, 0.2) is 35.2 Å². The first-order valence-electron chi connectivity index (χ1n) is 9.14. The Morgan fingerprint density at radius 1 is 1.16 bits per heavy atom. The highest BCUT2D eigenvalue weighted by atomic mass is 35.5. The third kappa shape index (κ3) is 5.50. The molecule has 168 valence electrons. The minimum Gasteiger partial charge on any atom is -0.490 e. The summed E-state index contributed by atoms with van der Waals surface area (Å²) >= 11 is 25.1. The van der Waals surface area contributed by atoms with Crippen LogP contribution in [0.5, 0.6) is 11.5 Å². The Morgan fingerprint density at radius 2 is 1.91 bits per heavy atom. The van der Waals surface area contributed by atoms with Gasteiger partial charge in [-0.15, -0.1) is 0 Å². The second-order valence-corrected chi connectivity index (χ2v) is 9.17. The van der Waals surface area contributed by atoms with E-state index in [-0.39, 0.29) is 23.3 Å². The molecule has 0 radical (unpaired) electrons. The van der Waals surface area contributed by atoms with Gasteiger partial charge in [0.15, 0.2) is 22.4 Å². The molecule has 0 aromatic heterocycles. The Morgan fingerprint density at radius 3 is 2.56 bits per heavy atom. The van der Waals surface area contributed by atoms with Crippen LogP contribution < -0.4 is 14.4 Å². The van der Waals surface area contributed by atoms with E-state index in [0.717, 1.165) is 11.8 Å². The highest BCUT2D eigenvalue weighted by Crippen LogP contribution is 2.41. The molecule has 0 unspecified atom stereocenters. The van der Waals surface area contributed by atoms with Gasteiger partial charge in [-0.1, -0.05) is 58.8 Å². The van der Waals surface area contributed by atoms with Gasteiger partial charge in [0.05, 0.1) is 34.4 Å². The van der Waals surface area contributed by atoms with E-state index in [1.807, 2.05) is 0 Å². The number of esters is 1. The molecule has 1 fully saturated rings. The van der Waals surface area contributed by atoms with E-state index in [4.69, 9.17) is 56.5 Å². The number of hydrogen-bond acceptors (Lipinski definition) is 7. The minimum absolute atomic E-state index is 0.205. The van der Waals surface area contributed by atoms with E-state index in [1.165, 1.54) is 12.0 Å². The van der Waals surface area contributed by atoms with E-state index in [1.54, 1.807) is 43.3 Å². The summed E-state index contributed by atoms with van der Waals surface area (Å²) in [6.45, 7) is 1.81. The molecule has 0 aliphatic carbocycles. The molecule has 1 aliphatic heterocycles. The van der Waals surface area contributed by atoms with Gasteiger partial charge in [0, 0.05) is 5.02 Å². The number of thioether (sulfide) groups is 1. The van der Waals surface area contributed by atoms with Crippen molar-refractivity contribution in [2.24, 2.45) is 0 Å². The molecule has 0 bridgehead atoms. The lowest BCUT2D eigenvalue weighted by Gasteiger charge is -2.16.